The highest BCUT2D eigenvalue weighted by Gasteiger charge is 2.13. The second-order valence-electron chi connectivity index (χ2n) is 6.48. The van der Waals surface area contributed by atoms with Gasteiger partial charge in [-0.1, -0.05) is 13.0 Å². The Morgan fingerprint density at radius 1 is 1.28 bits per heavy atom. The van der Waals surface area contributed by atoms with Crippen molar-refractivity contribution in [2.24, 2.45) is 0 Å². The fourth-order valence-electron chi connectivity index (χ4n) is 2.65. The molecule has 7 nitrogen and oxygen atoms in total. The van der Waals surface area contributed by atoms with Crippen molar-refractivity contribution in [3.8, 4) is 10.4 Å². The third-order valence-corrected chi connectivity index (χ3v) is 6.79. The highest BCUT2D eigenvalue weighted by molar-refractivity contribution is 7.98. The second-order valence-corrected chi connectivity index (χ2v) is 9.54. The summed E-state index contributed by atoms with van der Waals surface area (Å²) < 4.78 is 15.4. The third kappa shape index (κ3) is 5.33. The molecule has 3 rings (SSSR count). The van der Waals surface area contributed by atoms with Gasteiger partial charge in [-0.05, 0) is 48.5 Å². The summed E-state index contributed by atoms with van der Waals surface area (Å²) in [4.78, 5) is 10.7. The van der Waals surface area contributed by atoms with E-state index in [1.54, 1.807) is 29.7 Å². The molecule has 9 heteroatoms. The summed E-state index contributed by atoms with van der Waals surface area (Å²) in [6, 6.07) is 11.0. The Kier molecular flexibility index (Phi) is 6.86. The minimum Gasteiger partial charge on any atom is -0.394 e. The zero-order valence-corrected chi connectivity index (χ0v) is 18.0. The molecule has 154 valence electrons. The van der Waals surface area contributed by atoms with Crippen molar-refractivity contribution in [2.45, 2.75) is 24.8 Å². The molecular formula is C20H25N5O2S2. The van der Waals surface area contributed by atoms with Crippen LogP contribution in [0.15, 0.2) is 52.9 Å². The van der Waals surface area contributed by atoms with Gasteiger partial charge in [0.15, 0.2) is 0 Å². The molecule has 0 saturated carbocycles. The van der Waals surface area contributed by atoms with E-state index in [1.165, 1.54) is 0 Å². The monoisotopic (exact) mass is 431 g/mol. The number of anilines is 3. The molecule has 0 saturated heterocycles. The zero-order valence-electron chi connectivity index (χ0n) is 16.4. The molecule has 0 aliphatic carbocycles. The van der Waals surface area contributed by atoms with Crippen molar-refractivity contribution in [3.05, 3.63) is 48.0 Å². The van der Waals surface area contributed by atoms with Crippen LogP contribution in [0, 0.1) is 0 Å². The van der Waals surface area contributed by atoms with Crippen molar-refractivity contribution in [3.63, 3.8) is 0 Å². The Morgan fingerprint density at radius 2 is 2.03 bits per heavy atom. The molecule has 0 bridgehead atoms. The van der Waals surface area contributed by atoms with E-state index in [0.29, 0.717) is 23.2 Å². The summed E-state index contributed by atoms with van der Waals surface area (Å²) in [5, 5.41) is 17.8. The highest BCUT2D eigenvalue weighted by atomic mass is 32.2. The summed E-state index contributed by atoms with van der Waals surface area (Å²) in [6.07, 6.45) is 1.76. The Morgan fingerprint density at radius 3 is 2.66 bits per heavy atom. The van der Waals surface area contributed by atoms with Crippen molar-refractivity contribution in [1.82, 2.24) is 14.7 Å². The average molecular weight is 432 g/mol. The quantitative estimate of drug-likeness (QED) is 0.388. The minimum atomic E-state index is -2.50. The van der Waals surface area contributed by atoms with Gasteiger partial charge in [0.05, 0.1) is 21.9 Å². The van der Waals surface area contributed by atoms with Crippen LogP contribution in [-0.2, 0) is 9.71 Å². The molecule has 1 unspecified atom stereocenters. The molecular weight excluding hydrogens is 406 g/mol. The lowest BCUT2D eigenvalue weighted by atomic mass is 10.2. The fourth-order valence-corrected chi connectivity index (χ4v) is 4.59. The lowest BCUT2D eigenvalue weighted by molar-refractivity contribution is 0.281. The van der Waals surface area contributed by atoms with Crippen LogP contribution in [0.4, 0.5) is 17.5 Å². The van der Waals surface area contributed by atoms with Gasteiger partial charge in [-0.15, -0.1) is 11.3 Å². The number of benzene rings is 1. The number of nitrogens with one attached hydrogen (secondary N) is 3. The number of aromatic nitrogens is 2. The number of rotatable bonds is 9. The lowest BCUT2D eigenvalue weighted by Gasteiger charge is -2.16. The molecule has 0 spiro atoms. The smallest absolute Gasteiger partial charge is 0.229 e. The average Bonchev–Trinajstić information content (AvgIpc) is 3.23. The Bertz CT molecular complexity index is 1040. The first-order chi connectivity index (χ1) is 13.9. The SMILES string of the molecule is C=S(=O)(NCC)c1ccc(Nc2ncc(-c3cccs3)c(N[C@H](C)CO)n2)cc1. The Labute approximate surface area is 175 Å². The van der Waals surface area contributed by atoms with E-state index in [9.17, 15) is 9.32 Å². The molecule has 2 heterocycles. The molecule has 0 aliphatic rings. The van der Waals surface area contributed by atoms with E-state index < -0.39 is 9.71 Å². The van der Waals surface area contributed by atoms with E-state index in [2.05, 4.69) is 31.2 Å². The van der Waals surface area contributed by atoms with Gasteiger partial charge < -0.3 is 15.7 Å². The van der Waals surface area contributed by atoms with E-state index in [-0.39, 0.29) is 12.6 Å². The maximum Gasteiger partial charge on any atom is 0.229 e. The molecule has 0 aliphatic heterocycles. The third-order valence-electron chi connectivity index (χ3n) is 4.10. The van der Waals surface area contributed by atoms with Gasteiger partial charge in [0, 0.05) is 34.2 Å². The van der Waals surface area contributed by atoms with Crippen LogP contribution in [0.5, 0.6) is 0 Å². The maximum absolute atomic E-state index is 12.5. The summed E-state index contributed by atoms with van der Waals surface area (Å²) in [6.45, 7) is 4.34. The fraction of sp³-hybridized carbons (Fsp3) is 0.250. The Hall–Kier alpha value is -2.46. The number of hydrogen-bond acceptors (Lipinski definition) is 7. The van der Waals surface area contributed by atoms with Crippen LogP contribution in [-0.4, -0.2) is 44.3 Å². The van der Waals surface area contributed by atoms with Gasteiger partial charge in [-0.2, -0.15) is 4.98 Å². The predicted octanol–water partition coefficient (Wildman–Crippen LogP) is 3.34. The van der Waals surface area contributed by atoms with E-state index in [0.717, 1.165) is 16.1 Å². The molecule has 0 radical (unpaired) electrons. The molecule has 0 fully saturated rings. The number of aliphatic hydroxyl groups excluding tert-OH is 1. The van der Waals surface area contributed by atoms with Crippen molar-refractivity contribution in [1.29, 1.82) is 0 Å². The summed E-state index contributed by atoms with van der Waals surface area (Å²) in [5.74, 6) is 4.84. The minimum absolute atomic E-state index is 0.00572. The van der Waals surface area contributed by atoms with Crippen LogP contribution in [0.25, 0.3) is 10.4 Å². The molecule has 2 aromatic heterocycles. The molecule has 4 N–H and O–H groups in total. The first-order valence-corrected chi connectivity index (χ1v) is 11.8. The van der Waals surface area contributed by atoms with Crippen molar-refractivity contribution in [2.75, 3.05) is 23.8 Å². The maximum atomic E-state index is 12.5. The van der Waals surface area contributed by atoms with E-state index in [4.69, 9.17) is 0 Å². The number of nitrogens with zero attached hydrogens (tertiary/aromatic N) is 2. The van der Waals surface area contributed by atoms with Gasteiger partial charge in [0.1, 0.15) is 5.82 Å². The second kappa shape index (κ2) is 9.36. The number of hydrogen-bond donors (Lipinski definition) is 4. The van der Waals surface area contributed by atoms with Crippen LogP contribution in [0.1, 0.15) is 13.8 Å². The van der Waals surface area contributed by atoms with E-state index in [1.807, 2.05) is 43.5 Å². The normalized spacial score (nSPS) is 14.2. The summed E-state index contributed by atoms with van der Waals surface area (Å²) in [5.41, 5.74) is 1.65. The topological polar surface area (TPSA) is 99.2 Å². The number of thiophene rings is 1. The first kappa shape index (κ1) is 21.3. The van der Waals surface area contributed by atoms with Crippen molar-refractivity contribution >= 4 is 44.4 Å². The van der Waals surface area contributed by atoms with Gasteiger partial charge in [-0.25, -0.2) is 13.9 Å². The Balaban J connectivity index is 1.85. The summed E-state index contributed by atoms with van der Waals surface area (Å²) >= 11 is 1.60. The van der Waals surface area contributed by atoms with Crippen molar-refractivity contribution < 1.29 is 9.32 Å². The van der Waals surface area contributed by atoms with E-state index >= 15 is 0 Å². The van der Waals surface area contributed by atoms with Crippen LogP contribution < -0.4 is 15.4 Å². The van der Waals surface area contributed by atoms with Crippen LogP contribution in [0.2, 0.25) is 0 Å². The molecule has 29 heavy (non-hydrogen) atoms. The van der Waals surface area contributed by atoms with Gasteiger partial charge in [0.25, 0.3) is 0 Å². The van der Waals surface area contributed by atoms with Crippen LogP contribution >= 0.6 is 11.3 Å². The molecule has 2 atom stereocenters. The summed E-state index contributed by atoms with van der Waals surface area (Å²) in [7, 11) is -2.50. The molecule has 0 amide bonds. The van der Waals surface area contributed by atoms with Crippen LogP contribution in [0.3, 0.4) is 0 Å². The standard InChI is InChI=1S/C20H25N5O2S2/c1-4-22-29(3,27)16-9-7-15(8-10-16)24-20-21-12-17(18-6-5-11-28-18)19(25-20)23-14(2)13-26/h5-12,14,26H,3-4,13H2,1-2H3,(H,22,27)(H2,21,23,24,25)/t14-,29?/m1/s1. The number of aliphatic hydroxyl groups is 1. The predicted molar refractivity (Wildman–Crippen MR) is 122 cm³/mol. The first-order valence-electron chi connectivity index (χ1n) is 9.20. The zero-order chi connectivity index (χ0) is 20.9. The lowest BCUT2D eigenvalue weighted by Crippen LogP contribution is -2.22. The highest BCUT2D eigenvalue weighted by Crippen LogP contribution is 2.31. The largest absolute Gasteiger partial charge is 0.394 e. The van der Waals surface area contributed by atoms with Gasteiger partial charge in [0.2, 0.25) is 5.95 Å². The molecule has 1 aromatic carbocycles. The van der Waals surface area contributed by atoms with Gasteiger partial charge in [-0.3, -0.25) is 0 Å². The van der Waals surface area contributed by atoms with Gasteiger partial charge >= 0.3 is 0 Å². The molecule has 3 aromatic rings.